The lowest BCUT2D eigenvalue weighted by molar-refractivity contribution is -0.141. The summed E-state index contributed by atoms with van der Waals surface area (Å²) < 4.78 is 16.3. The lowest BCUT2D eigenvalue weighted by atomic mass is 9.95. The molecule has 1 aromatic heterocycles. The molecule has 1 aromatic carbocycles. The van der Waals surface area contributed by atoms with Gasteiger partial charge in [-0.25, -0.2) is 15.0 Å². The molecular weight excluding hydrogens is 649 g/mol. The van der Waals surface area contributed by atoms with Crippen LogP contribution in [0.15, 0.2) is 53.1 Å². The third kappa shape index (κ3) is 10.7. The highest BCUT2D eigenvalue weighted by atomic mass is 32.1. The zero-order valence-electron chi connectivity index (χ0n) is 29.9. The van der Waals surface area contributed by atoms with E-state index < -0.39 is 5.60 Å². The highest BCUT2D eigenvalue weighted by molar-refractivity contribution is 7.14. The highest BCUT2D eigenvalue weighted by Crippen LogP contribution is 2.42. The molecule has 9 nitrogen and oxygen atoms in total. The van der Waals surface area contributed by atoms with Crippen LogP contribution < -0.4 is 4.90 Å². The van der Waals surface area contributed by atoms with Crippen LogP contribution >= 0.6 is 11.3 Å². The van der Waals surface area contributed by atoms with Gasteiger partial charge in [-0.2, -0.15) is 0 Å². The Labute approximate surface area is 300 Å². The second kappa shape index (κ2) is 19.2. The van der Waals surface area contributed by atoms with Crippen LogP contribution in [0.1, 0.15) is 93.7 Å². The maximum Gasteiger partial charge on any atom is 0.302 e. The van der Waals surface area contributed by atoms with Gasteiger partial charge < -0.3 is 19.1 Å². The largest absolute Gasteiger partial charge is 0.505 e. The van der Waals surface area contributed by atoms with Crippen LogP contribution in [0.4, 0.5) is 5.69 Å². The monoisotopic (exact) mass is 694 g/mol. The SMILES string of the molecule is [C-]#[N+]C1=C(/C=C/c2sc(/C=C/c3ccc(N(CCOC(C)=O)CCOC(C)=O)cc3)c(CCCC)c2CCCC)C(C)(C)O/C1=C(\C#N)[N+]#[C-]. The number of thiophene rings is 1. The van der Waals surface area contributed by atoms with Gasteiger partial charge in [-0.15, -0.1) is 11.3 Å². The standard InChI is InChI=1S/C40H46N4O5S/c1-9-11-13-32-33(14-12-10-2)37(22-20-34-38(43-8)39(35(27-41)42-7)49-40(34,5)6)50-36(32)21-17-30-15-18-31(19-16-30)44(23-25-47-28(3)45)24-26-48-29(4)46/h15-22H,9-14,23-26H2,1-6H3/b21-17+,22-20+,39-35+. The fourth-order valence-electron chi connectivity index (χ4n) is 5.60. The zero-order chi connectivity index (χ0) is 36.7. The van der Waals surface area contributed by atoms with Crippen molar-refractivity contribution >= 4 is 47.2 Å². The molecule has 0 saturated carbocycles. The Morgan fingerprint density at radius 1 is 0.920 bits per heavy atom. The van der Waals surface area contributed by atoms with E-state index in [9.17, 15) is 14.9 Å². The minimum atomic E-state index is -0.865. The number of carbonyl (C=O) groups is 2. The second-order valence-electron chi connectivity index (χ2n) is 12.3. The molecule has 0 aliphatic carbocycles. The molecule has 10 heteroatoms. The molecule has 2 aromatic rings. The first-order chi connectivity index (χ1) is 24.0. The van der Waals surface area contributed by atoms with Gasteiger partial charge in [0.2, 0.25) is 5.70 Å². The molecule has 0 radical (unpaired) electrons. The molecule has 0 bridgehead atoms. The van der Waals surface area contributed by atoms with Crippen LogP contribution in [0.3, 0.4) is 0 Å². The normalized spacial score (nSPS) is 14.6. The molecule has 0 spiro atoms. The van der Waals surface area contributed by atoms with Crippen LogP contribution in [0.25, 0.3) is 27.9 Å². The van der Waals surface area contributed by atoms with Gasteiger partial charge in [-0.1, -0.05) is 51.0 Å². The summed E-state index contributed by atoms with van der Waals surface area (Å²) in [5, 5.41) is 9.47. The Morgan fingerprint density at radius 3 is 1.92 bits per heavy atom. The van der Waals surface area contributed by atoms with Crippen molar-refractivity contribution in [2.75, 3.05) is 31.2 Å². The highest BCUT2D eigenvalue weighted by Gasteiger charge is 2.38. The van der Waals surface area contributed by atoms with Crippen molar-refractivity contribution < 1.29 is 23.8 Å². The number of nitriles is 1. The molecule has 2 heterocycles. The first kappa shape index (κ1) is 39.3. The van der Waals surface area contributed by atoms with Crippen molar-refractivity contribution in [2.24, 2.45) is 0 Å². The van der Waals surface area contributed by atoms with Crippen LogP contribution in [0.5, 0.6) is 0 Å². The zero-order valence-corrected chi connectivity index (χ0v) is 30.7. The van der Waals surface area contributed by atoms with E-state index in [0.717, 1.165) is 54.7 Å². The molecule has 262 valence electrons. The number of anilines is 1. The number of nitrogens with zero attached hydrogens (tertiary/aromatic N) is 4. The number of hydrogen-bond acceptors (Lipinski definition) is 8. The number of carbonyl (C=O) groups excluding carboxylic acids is 2. The molecule has 0 amide bonds. The van der Waals surface area contributed by atoms with Crippen molar-refractivity contribution in [2.45, 2.75) is 85.7 Å². The first-order valence-corrected chi connectivity index (χ1v) is 17.8. The average molecular weight is 695 g/mol. The van der Waals surface area contributed by atoms with Crippen LogP contribution in [0.2, 0.25) is 0 Å². The third-order valence-corrected chi connectivity index (χ3v) is 9.38. The van der Waals surface area contributed by atoms with Gasteiger partial charge in [-0.05, 0) is 80.5 Å². The summed E-state index contributed by atoms with van der Waals surface area (Å²) in [6.45, 7) is 27.5. The van der Waals surface area contributed by atoms with E-state index in [1.54, 1.807) is 11.3 Å². The lowest BCUT2D eigenvalue weighted by Gasteiger charge is -2.24. The first-order valence-electron chi connectivity index (χ1n) is 16.9. The van der Waals surface area contributed by atoms with E-state index in [2.05, 4.69) is 41.8 Å². The predicted octanol–water partition coefficient (Wildman–Crippen LogP) is 9.19. The van der Waals surface area contributed by atoms with E-state index in [1.165, 1.54) is 29.9 Å². The van der Waals surface area contributed by atoms with Crippen molar-refractivity contribution in [3.05, 3.63) is 102 Å². The van der Waals surface area contributed by atoms with E-state index >= 15 is 0 Å². The van der Waals surface area contributed by atoms with Crippen molar-refractivity contribution in [3.8, 4) is 6.07 Å². The number of benzene rings is 1. The summed E-state index contributed by atoms with van der Waals surface area (Å²) in [6, 6.07) is 9.97. The third-order valence-electron chi connectivity index (χ3n) is 8.18. The van der Waals surface area contributed by atoms with E-state index in [4.69, 9.17) is 27.4 Å². The van der Waals surface area contributed by atoms with Gasteiger partial charge in [0, 0.05) is 34.9 Å². The van der Waals surface area contributed by atoms with Gasteiger partial charge in [0.1, 0.15) is 24.6 Å². The van der Waals surface area contributed by atoms with Crippen LogP contribution in [-0.2, 0) is 36.6 Å². The average Bonchev–Trinajstić information content (AvgIpc) is 3.55. The van der Waals surface area contributed by atoms with E-state index in [1.807, 2.05) is 55.2 Å². The molecule has 0 saturated heterocycles. The predicted molar refractivity (Wildman–Crippen MR) is 199 cm³/mol. The van der Waals surface area contributed by atoms with Crippen molar-refractivity contribution in [3.63, 3.8) is 0 Å². The summed E-state index contributed by atoms with van der Waals surface area (Å²) in [5.74, 6) is -0.630. The summed E-state index contributed by atoms with van der Waals surface area (Å²) >= 11 is 1.73. The molecule has 1 aliphatic rings. The van der Waals surface area contributed by atoms with Crippen molar-refractivity contribution in [1.82, 2.24) is 0 Å². The van der Waals surface area contributed by atoms with Gasteiger partial charge in [0.05, 0.1) is 32.3 Å². The number of ether oxygens (including phenoxy) is 3. The maximum absolute atomic E-state index is 11.3. The maximum atomic E-state index is 11.3. The Morgan fingerprint density at radius 2 is 1.46 bits per heavy atom. The minimum Gasteiger partial charge on any atom is -0.505 e. The molecule has 50 heavy (non-hydrogen) atoms. The minimum absolute atomic E-state index is 0.0507. The Bertz CT molecular complexity index is 1740. The van der Waals surface area contributed by atoms with Crippen molar-refractivity contribution in [1.29, 1.82) is 5.26 Å². The summed E-state index contributed by atoms with van der Waals surface area (Å²) in [6.07, 6.45) is 14.5. The Balaban J connectivity index is 1.99. The van der Waals surface area contributed by atoms with Crippen LogP contribution in [-0.4, -0.2) is 43.8 Å². The van der Waals surface area contributed by atoms with E-state index in [-0.39, 0.29) is 42.3 Å². The molecule has 0 atom stereocenters. The van der Waals surface area contributed by atoms with E-state index in [0.29, 0.717) is 18.7 Å². The fourth-order valence-corrected chi connectivity index (χ4v) is 6.81. The van der Waals surface area contributed by atoms with Gasteiger partial charge >= 0.3 is 11.9 Å². The topological polar surface area (TPSA) is 97.6 Å². The number of allylic oxidation sites excluding steroid dienone is 1. The summed E-state index contributed by atoms with van der Waals surface area (Å²) in [5.41, 5.74) is 4.40. The number of unbranched alkanes of at least 4 members (excludes halogenated alkanes) is 2. The molecule has 0 fully saturated rings. The lowest BCUT2D eigenvalue weighted by Crippen LogP contribution is -2.31. The Kier molecular flexibility index (Phi) is 15.1. The molecule has 0 unspecified atom stereocenters. The fraction of sp³-hybridized carbons (Fsp3) is 0.425. The quantitative estimate of drug-likeness (QED) is 0.0925. The summed E-state index contributed by atoms with van der Waals surface area (Å²) in [7, 11) is 0. The molecular formula is C40H46N4O5S. The van der Waals surface area contributed by atoms with Gasteiger partial charge in [-0.3, -0.25) is 9.59 Å². The summed E-state index contributed by atoms with van der Waals surface area (Å²) in [4.78, 5) is 33.9. The smallest absolute Gasteiger partial charge is 0.302 e. The molecule has 3 rings (SSSR count). The molecule has 1 aliphatic heterocycles. The number of esters is 2. The number of rotatable bonds is 17. The molecule has 0 N–H and O–H groups in total. The Hall–Kier alpha value is -5.11. The van der Waals surface area contributed by atoms with Gasteiger partial charge in [0.15, 0.2) is 0 Å². The van der Waals surface area contributed by atoms with Gasteiger partial charge in [0.25, 0.3) is 5.70 Å². The number of hydrogen-bond donors (Lipinski definition) is 0. The second-order valence-corrected chi connectivity index (χ2v) is 13.4. The van der Waals surface area contributed by atoms with Crippen LogP contribution in [0, 0.1) is 24.5 Å².